The maximum atomic E-state index is 14.3. The van der Waals surface area contributed by atoms with E-state index in [-0.39, 0.29) is 12.5 Å². The highest BCUT2D eigenvalue weighted by Gasteiger charge is 2.49. The number of halogens is 2. The predicted molar refractivity (Wildman–Crippen MR) is 166 cm³/mol. The fraction of sp³-hybridized carbons (Fsp3) is 0.765. The molecule has 1 heterocycles. The molecule has 0 radical (unpaired) electrons. The molecule has 3 fully saturated rings. The second-order valence-corrected chi connectivity index (χ2v) is 12.5. The van der Waals surface area contributed by atoms with Gasteiger partial charge in [0.05, 0.1) is 5.71 Å². The molecule has 0 aromatic heterocycles. The molecule has 1 saturated heterocycles. The van der Waals surface area contributed by atoms with E-state index in [4.69, 9.17) is 9.73 Å². The molecule has 7 heteroatoms. The van der Waals surface area contributed by atoms with E-state index >= 15 is 0 Å². The number of carbonyl (C=O) groups excluding carboxylic acids is 1. The summed E-state index contributed by atoms with van der Waals surface area (Å²) in [5.41, 5.74) is 4.58. The summed E-state index contributed by atoms with van der Waals surface area (Å²) < 4.78 is 34.0. The summed E-state index contributed by atoms with van der Waals surface area (Å²) in [6.45, 7) is 16.6. The lowest BCUT2D eigenvalue weighted by molar-refractivity contribution is -0.169. The lowest BCUT2D eigenvalue weighted by Crippen LogP contribution is -2.56. The number of aliphatic imine (C=N–C) groups is 1. The third kappa shape index (κ3) is 8.01. The van der Waals surface area contributed by atoms with Gasteiger partial charge < -0.3 is 14.5 Å². The Morgan fingerprint density at radius 3 is 2.27 bits per heavy atom. The van der Waals surface area contributed by atoms with E-state index in [1.165, 1.54) is 88.1 Å². The number of alkyl halides is 2. The first-order valence-electron chi connectivity index (χ1n) is 16.3. The first-order chi connectivity index (χ1) is 19.5. The van der Waals surface area contributed by atoms with Gasteiger partial charge in [0.1, 0.15) is 0 Å². The first-order valence-corrected chi connectivity index (χ1v) is 16.3. The molecule has 0 N–H and O–H groups in total. The number of ether oxygens (including phenoxy) is 1. The van der Waals surface area contributed by atoms with E-state index < -0.39 is 17.6 Å². The maximum absolute atomic E-state index is 14.3. The lowest BCUT2D eigenvalue weighted by atomic mass is 9.80. The van der Waals surface area contributed by atoms with Crippen molar-refractivity contribution in [3.63, 3.8) is 0 Å². The average molecular weight is 576 g/mol. The zero-order valence-electron chi connectivity index (χ0n) is 27.0. The van der Waals surface area contributed by atoms with Gasteiger partial charge in [-0.15, -0.1) is 0 Å². The van der Waals surface area contributed by atoms with Crippen molar-refractivity contribution >= 4 is 11.8 Å². The molecule has 1 atom stereocenters. The van der Waals surface area contributed by atoms with Crippen LogP contribution in [-0.4, -0.2) is 65.3 Å². The molecule has 41 heavy (non-hydrogen) atoms. The molecule has 2 saturated carbocycles. The monoisotopic (exact) mass is 575 g/mol. The van der Waals surface area contributed by atoms with Crippen LogP contribution in [0.4, 0.5) is 13.6 Å². The molecule has 1 amide bonds. The van der Waals surface area contributed by atoms with E-state index in [9.17, 15) is 13.6 Å². The Balaban J connectivity index is 0.00000226. The molecule has 1 unspecified atom stereocenters. The van der Waals surface area contributed by atoms with Gasteiger partial charge in [-0.3, -0.25) is 4.99 Å². The molecule has 0 bridgehead atoms. The Labute approximate surface area is 248 Å². The van der Waals surface area contributed by atoms with Crippen LogP contribution in [0.1, 0.15) is 113 Å². The minimum absolute atomic E-state index is 0.0320. The minimum atomic E-state index is -3.08. The van der Waals surface area contributed by atoms with Gasteiger partial charge in [0.2, 0.25) is 0 Å². The van der Waals surface area contributed by atoms with Gasteiger partial charge in [0.25, 0.3) is 5.92 Å². The van der Waals surface area contributed by atoms with Crippen LogP contribution in [-0.2, 0) is 4.74 Å². The quantitative estimate of drug-likeness (QED) is 0.290. The molecule has 0 aromatic carbocycles. The summed E-state index contributed by atoms with van der Waals surface area (Å²) >= 11 is 0. The number of allylic oxidation sites excluding steroid dienone is 6. The summed E-state index contributed by atoms with van der Waals surface area (Å²) in [6.07, 6.45) is 14.1. The zero-order chi connectivity index (χ0) is 30.4. The predicted octanol–water partition coefficient (Wildman–Crippen LogP) is 8.96. The Morgan fingerprint density at radius 2 is 1.71 bits per heavy atom. The van der Waals surface area contributed by atoms with Gasteiger partial charge in [-0.25, -0.2) is 13.6 Å². The van der Waals surface area contributed by atoms with Crippen molar-refractivity contribution < 1.29 is 18.3 Å². The van der Waals surface area contributed by atoms with E-state index in [1.54, 1.807) is 4.90 Å². The fourth-order valence-corrected chi connectivity index (χ4v) is 6.51. The number of rotatable bonds is 8. The lowest BCUT2D eigenvalue weighted by Gasteiger charge is -2.43. The van der Waals surface area contributed by atoms with Crippen molar-refractivity contribution in [3.05, 3.63) is 34.6 Å². The fourth-order valence-electron chi connectivity index (χ4n) is 6.51. The van der Waals surface area contributed by atoms with Crippen LogP contribution in [0.15, 0.2) is 39.6 Å². The Hall–Kier alpha value is -2.18. The van der Waals surface area contributed by atoms with Gasteiger partial charge in [-0.05, 0) is 82.9 Å². The number of amides is 1. The molecule has 3 aliphatic carbocycles. The largest absolute Gasteiger partial charge is 0.437 e. The maximum Gasteiger partial charge on any atom is 0.410 e. The summed E-state index contributed by atoms with van der Waals surface area (Å²) in [5, 5.41) is 0. The SMILES string of the molecule is CC.CCN=C1C=C(CC2CCCCC2)C=C(C2CC2)/C1=C(/C)N1CCN(C(=O)OC(C)(C)C(F)(F)CC)CC1C. The molecule has 232 valence electrons. The molecule has 4 aliphatic rings. The van der Waals surface area contributed by atoms with Crippen LogP contribution in [0, 0.1) is 11.8 Å². The molecular weight excluding hydrogens is 520 g/mol. The highest BCUT2D eigenvalue weighted by atomic mass is 19.3. The Bertz CT molecular complexity index is 1030. The highest BCUT2D eigenvalue weighted by Crippen LogP contribution is 2.45. The molecule has 0 aromatic rings. The van der Waals surface area contributed by atoms with Gasteiger partial charge in [0.15, 0.2) is 5.60 Å². The molecular formula is C34H55F2N3O2. The summed E-state index contributed by atoms with van der Waals surface area (Å²) in [7, 11) is 0. The van der Waals surface area contributed by atoms with E-state index in [0.717, 1.165) is 24.6 Å². The molecule has 0 spiro atoms. The van der Waals surface area contributed by atoms with Crippen LogP contribution in [0.2, 0.25) is 0 Å². The Kier molecular flexibility index (Phi) is 11.6. The topological polar surface area (TPSA) is 45.1 Å². The van der Waals surface area contributed by atoms with Crippen LogP contribution >= 0.6 is 0 Å². The van der Waals surface area contributed by atoms with E-state index in [1.807, 2.05) is 13.8 Å². The van der Waals surface area contributed by atoms with E-state index in [2.05, 4.69) is 37.8 Å². The average Bonchev–Trinajstić information content (AvgIpc) is 3.80. The zero-order valence-corrected chi connectivity index (χ0v) is 27.0. The van der Waals surface area contributed by atoms with Crippen LogP contribution in [0.25, 0.3) is 0 Å². The van der Waals surface area contributed by atoms with Crippen LogP contribution in [0.5, 0.6) is 0 Å². The number of hydrogen-bond acceptors (Lipinski definition) is 4. The van der Waals surface area contributed by atoms with Crippen molar-refractivity contribution in [2.75, 3.05) is 26.2 Å². The summed E-state index contributed by atoms with van der Waals surface area (Å²) in [4.78, 5) is 21.8. The number of carbonyl (C=O) groups is 1. The third-order valence-corrected chi connectivity index (χ3v) is 9.15. The van der Waals surface area contributed by atoms with Gasteiger partial charge >= 0.3 is 6.09 Å². The normalized spacial score (nSPS) is 24.8. The number of piperazine rings is 1. The van der Waals surface area contributed by atoms with Crippen molar-refractivity contribution in [2.24, 2.45) is 16.8 Å². The highest BCUT2D eigenvalue weighted by molar-refractivity contribution is 6.14. The van der Waals surface area contributed by atoms with Crippen LogP contribution in [0.3, 0.4) is 0 Å². The van der Waals surface area contributed by atoms with Crippen LogP contribution < -0.4 is 0 Å². The van der Waals surface area contributed by atoms with Crippen molar-refractivity contribution in [1.29, 1.82) is 0 Å². The standard InChI is InChI=1S/C32H49F2N3O2.C2H6/c1-7-32(33,34)31(5,6)39-30(38)36-16-17-37(22(3)21-36)23(4)29-27(26-14-15-26)19-25(20-28(29)35-8-2)18-24-12-10-9-11-13-24;1-2/h19-20,22,24,26H,7-18,21H2,1-6H3;1-2H3/b29-23+,35-28?;. The molecule has 5 nitrogen and oxygen atoms in total. The minimum Gasteiger partial charge on any atom is -0.437 e. The van der Waals surface area contributed by atoms with Gasteiger partial charge in [-0.1, -0.05) is 59.0 Å². The first kappa shape index (κ1) is 33.3. The summed E-state index contributed by atoms with van der Waals surface area (Å²) in [5.74, 6) is -1.70. The van der Waals surface area contributed by atoms with Gasteiger partial charge in [0, 0.05) is 49.9 Å². The van der Waals surface area contributed by atoms with Crippen molar-refractivity contribution in [1.82, 2.24) is 9.80 Å². The van der Waals surface area contributed by atoms with Crippen molar-refractivity contribution in [3.8, 4) is 0 Å². The number of hydrogen-bond donors (Lipinski definition) is 0. The third-order valence-electron chi connectivity index (χ3n) is 9.15. The molecule has 4 rings (SSSR count). The van der Waals surface area contributed by atoms with E-state index in [0.29, 0.717) is 25.6 Å². The van der Waals surface area contributed by atoms with Crippen molar-refractivity contribution in [2.45, 2.75) is 131 Å². The number of nitrogens with zero attached hydrogens (tertiary/aromatic N) is 3. The Morgan fingerprint density at radius 1 is 1.05 bits per heavy atom. The van der Waals surface area contributed by atoms with Gasteiger partial charge in [-0.2, -0.15) is 0 Å². The molecule has 1 aliphatic heterocycles. The smallest absolute Gasteiger partial charge is 0.410 e. The summed E-state index contributed by atoms with van der Waals surface area (Å²) in [6, 6.07) is 0.0320. The second-order valence-electron chi connectivity index (χ2n) is 12.5. The second kappa shape index (κ2) is 14.3.